The maximum Gasteiger partial charge on any atom is 0.295 e. The van der Waals surface area contributed by atoms with Crippen molar-refractivity contribution in [3.8, 4) is 0 Å². The van der Waals surface area contributed by atoms with Crippen molar-refractivity contribution in [1.29, 1.82) is 0 Å². The molecule has 0 fully saturated rings. The van der Waals surface area contributed by atoms with Gasteiger partial charge in [0.1, 0.15) is 4.90 Å². The SMILES string of the molecule is Cc1cc(NS(C)(=O)=O)cc2c(S(=O)(=O)O)cccc12. The van der Waals surface area contributed by atoms with Gasteiger partial charge in [-0.25, -0.2) is 8.42 Å². The number of benzene rings is 2. The summed E-state index contributed by atoms with van der Waals surface area (Å²) < 4.78 is 56.8. The Hall–Kier alpha value is -1.64. The Bertz CT molecular complexity index is 885. The standard InChI is InChI=1S/C12H13NO5S2/c1-8-6-9(13-19(2,14)15)7-11-10(8)4-3-5-12(11)20(16,17)18/h3-7,13H,1-2H3,(H,16,17,18). The van der Waals surface area contributed by atoms with Crippen LogP contribution >= 0.6 is 0 Å². The van der Waals surface area contributed by atoms with Crippen LogP contribution in [-0.2, 0) is 20.1 Å². The highest BCUT2D eigenvalue weighted by Gasteiger charge is 2.15. The first-order chi connectivity index (χ1) is 9.08. The van der Waals surface area contributed by atoms with Crippen LogP contribution in [-0.4, -0.2) is 27.6 Å². The third kappa shape index (κ3) is 3.09. The minimum atomic E-state index is -4.38. The van der Waals surface area contributed by atoms with Gasteiger partial charge in [-0.1, -0.05) is 12.1 Å². The van der Waals surface area contributed by atoms with E-state index in [0.717, 1.165) is 6.26 Å². The molecule has 6 nitrogen and oxygen atoms in total. The van der Waals surface area contributed by atoms with Gasteiger partial charge in [-0.15, -0.1) is 0 Å². The summed E-state index contributed by atoms with van der Waals surface area (Å²) in [4.78, 5) is -0.254. The lowest BCUT2D eigenvalue weighted by molar-refractivity contribution is 0.484. The first kappa shape index (κ1) is 14.8. The predicted octanol–water partition coefficient (Wildman–Crippen LogP) is 1.77. The van der Waals surface area contributed by atoms with Crippen molar-refractivity contribution in [3.63, 3.8) is 0 Å². The Morgan fingerprint density at radius 1 is 1.05 bits per heavy atom. The summed E-state index contributed by atoms with van der Waals surface area (Å²) in [5.74, 6) is 0. The second kappa shape index (κ2) is 4.72. The van der Waals surface area contributed by atoms with Crippen LogP contribution in [0.5, 0.6) is 0 Å². The van der Waals surface area contributed by atoms with Gasteiger partial charge in [0.2, 0.25) is 10.0 Å². The molecule has 20 heavy (non-hydrogen) atoms. The van der Waals surface area contributed by atoms with Gasteiger partial charge in [0.15, 0.2) is 0 Å². The number of aryl methyl sites for hydroxylation is 1. The molecule has 0 radical (unpaired) electrons. The summed E-state index contributed by atoms with van der Waals surface area (Å²) >= 11 is 0. The van der Waals surface area contributed by atoms with Crippen molar-refractivity contribution in [2.45, 2.75) is 11.8 Å². The largest absolute Gasteiger partial charge is 0.295 e. The smallest absolute Gasteiger partial charge is 0.284 e. The van der Waals surface area contributed by atoms with Crippen LogP contribution in [0, 0.1) is 6.92 Å². The van der Waals surface area contributed by atoms with Crippen LogP contribution in [0.2, 0.25) is 0 Å². The molecule has 0 bridgehead atoms. The molecule has 0 aromatic heterocycles. The van der Waals surface area contributed by atoms with Crippen LogP contribution in [0.1, 0.15) is 5.56 Å². The van der Waals surface area contributed by atoms with Crippen molar-refractivity contribution in [2.75, 3.05) is 11.0 Å². The number of fused-ring (bicyclic) bond motifs is 1. The molecule has 0 aliphatic carbocycles. The highest BCUT2D eigenvalue weighted by Crippen LogP contribution is 2.29. The topological polar surface area (TPSA) is 101 Å². The lowest BCUT2D eigenvalue weighted by Crippen LogP contribution is -2.10. The molecule has 0 saturated heterocycles. The van der Waals surface area contributed by atoms with Crippen LogP contribution in [0.25, 0.3) is 10.8 Å². The molecule has 0 atom stereocenters. The van der Waals surface area contributed by atoms with Gasteiger partial charge < -0.3 is 0 Å². The molecule has 0 amide bonds. The number of hydrogen-bond acceptors (Lipinski definition) is 4. The lowest BCUT2D eigenvalue weighted by Gasteiger charge is -2.10. The first-order valence-corrected chi connectivity index (χ1v) is 8.90. The van der Waals surface area contributed by atoms with E-state index >= 15 is 0 Å². The summed E-state index contributed by atoms with van der Waals surface area (Å²) in [7, 11) is -7.86. The number of hydrogen-bond donors (Lipinski definition) is 2. The molecule has 108 valence electrons. The van der Waals surface area contributed by atoms with E-state index < -0.39 is 20.1 Å². The fourth-order valence-electron chi connectivity index (χ4n) is 2.04. The molecule has 8 heteroatoms. The Labute approximate surface area is 117 Å². The molecule has 2 N–H and O–H groups in total. The minimum absolute atomic E-state index is 0.244. The van der Waals surface area contributed by atoms with Gasteiger partial charge in [0.25, 0.3) is 10.1 Å². The zero-order valence-electron chi connectivity index (χ0n) is 10.8. The fourth-order valence-corrected chi connectivity index (χ4v) is 3.29. The number of anilines is 1. The summed E-state index contributed by atoms with van der Waals surface area (Å²) in [6.07, 6.45) is 1.00. The fraction of sp³-hybridized carbons (Fsp3) is 0.167. The van der Waals surface area contributed by atoms with Crippen molar-refractivity contribution >= 4 is 36.6 Å². The molecule has 0 aliphatic heterocycles. The van der Waals surface area contributed by atoms with Crippen molar-refractivity contribution in [1.82, 2.24) is 0 Å². The van der Waals surface area contributed by atoms with E-state index in [2.05, 4.69) is 4.72 Å². The third-order valence-corrected chi connectivity index (χ3v) is 4.26. The zero-order chi connectivity index (χ0) is 15.1. The molecule has 0 saturated carbocycles. The molecule has 2 rings (SSSR count). The monoisotopic (exact) mass is 315 g/mol. The van der Waals surface area contributed by atoms with E-state index in [4.69, 9.17) is 0 Å². The van der Waals surface area contributed by atoms with E-state index in [9.17, 15) is 21.4 Å². The Morgan fingerprint density at radius 2 is 1.70 bits per heavy atom. The molecule has 0 spiro atoms. The summed E-state index contributed by atoms with van der Waals surface area (Å²) in [5, 5.41) is 0.889. The van der Waals surface area contributed by atoms with E-state index in [-0.39, 0.29) is 16.0 Å². The van der Waals surface area contributed by atoms with E-state index in [0.29, 0.717) is 10.9 Å². The zero-order valence-corrected chi connectivity index (χ0v) is 12.4. The molecule has 0 heterocycles. The van der Waals surface area contributed by atoms with E-state index in [1.807, 2.05) is 0 Å². The highest BCUT2D eigenvalue weighted by atomic mass is 32.2. The van der Waals surface area contributed by atoms with Gasteiger partial charge in [0, 0.05) is 11.1 Å². The number of nitrogens with one attached hydrogen (secondary N) is 1. The molecular formula is C12H13NO5S2. The van der Waals surface area contributed by atoms with Gasteiger partial charge in [-0.2, -0.15) is 8.42 Å². The minimum Gasteiger partial charge on any atom is -0.284 e. The van der Waals surface area contributed by atoms with Crippen LogP contribution < -0.4 is 4.72 Å². The van der Waals surface area contributed by atoms with Gasteiger partial charge in [0.05, 0.1) is 6.26 Å². The average Bonchev–Trinajstić information content (AvgIpc) is 2.24. The molecular weight excluding hydrogens is 302 g/mol. The van der Waals surface area contributed by atoms with Crippen molar-refractivity contribution in [2.24, 2.45) is 0 Å². The first-order valence-electron chi connectivity index (χ1n) is 5.56. The molecule has 2 aromatic rings. The number of sulfonamides is 1. The van der Waals surface area contributed by atoms with Crippen LogP contribution in [0.4, 0.5) is 5.69 Å². The van der Waals surface area contributed by atoms with Gasteiger partial charge in [-0.3, -0.25) is 9.27 Å². The molecule has 0 unspecified atom stereocenters. The van der Waals surface area contributed by atoms with Crippen LogP contribution in [0.3, 0.4) is 0 Å². The van der Waals surface area contributed by atoms with Gasteiger partial charge >= 0.3 is 0 Å². The van der Waals surface area contributed by atoms with Gasteiger partial charge in [-0.05, 0) is 36.1 Å². The van der Waals surface area contributed by atoms with E-state index in [1.165, 1.54) is 18.2 Å². The highest BCUT2D eigenvalue weighted by molar-refractivity contribution is 7.92. The summed E-state index contributed by atoms with van der Waals surface area (Å²) in [6.45, 7) is 1.73. The summed E-state index contributed by atoms with van der Waals surface area (Å²) in [5.41, 5.74) is 0.938. The maximum atomic E-state index is 11.4. The number of rotatable bonds is 3. The maximum absolute atomic E-state index is 11.4. The van der Waals surface area contributed by atoms with Crippen molar-refractivity contribution < 1.29 is 21.4 Å². The second-order valence-electron chi connectivity index (χ2n) is 4.49. The lowest BCUT2D eigenvalue weighted by atomic mass is 10.0. The Morgan fingerprint density at radius 3 is 2.25 bits per heavy atom. The second-order valence-corrected chi connectivity index (χ2v) is 7.63. The molecule has 0 aliphatic rings. The average molecular weight is 315 g/mol. The predicted molar refractivity (Wildman–Crippen MR) is 77.0 cm³/mol. The quantitative estimate of drug-likeness (QED) is 0.841. The van der Waals surface area contributed by atoms with E-state index in [1.54, 1.807) is 19.1 Å². The third-order valence-electron chi connectivity index (χ3n) is 2.74. The van der Waals surface area contributed by atoms with Crippen molar-refractivity contribution in [3.05, 3.63) is 35.9 Å². The van der Waals surface area contributed by atoms with Crippen LogP contribution in [0.15, 0.2) is 35.2 Å². The molecule has 2 aromatic carbocycles. The summed E-state index contributed by atoms with van der Waals surface area (Å²) in [6, 6.07) is 7.46. The normalized spacial score (nSPS) is 12.6. The Balaban J connectivity index is 2.81. The Kier molecular flexibility index (Phi) is 3.49.